The number of hydrogen-bond donors (Lipinski definition) is 1. The lowest BCUT2D eigenvalue weighted by molar-refractivity contribution is 0.300. The monoisotopic (exact) mass is 284 g/mol. The average molecular weight is 284 g/mol. The molecule has 0 unspecified atom stereocenters. The molecule has 2 N–H and O–H groups in total. The molecule has 0 amide bonds. The molecule has 0 aliphatic carbocycles. The van der Waals surface area contributed by atoms with Crippen LogP contribution in [0.15, 0.2) is 42.5 Å². The summed E-state index contributed by atoms with van der Waals surface area (Å²) in [5.74, 6) is 0.884. The first kappa shape index (κ1) is 13.1. The van der Waals surface area contributed by atoms with E-state index < -0.39 is 0 Å². The third kappa shape index (κ3) is 2.53. The molecule has 0 spiro atoms. The molecule has 0 saturated carbocycles. The van der Waals surface area contributed by atoms with E-state index in [1.807, 2.05) is 43.3 Å². The van der Waals surface area contributed by atoms with Gasteiger partial charge < -0.3 is 10.5 Å². The van der Waals surface area contributed by atoms with E-state index in [1.54, 1.807) is 11.3 Å². The van der Waals surface area contributed by atoms with Crippen LogP contribution in [0.4, 0.5) is 0 Å². The van der Waals surface area contributed by atoms with Crippen molar-refractivity contribution in [2.75, 3.05) is 0 Å². The zero-order chi connectivity index (χ0) is 13.9. The van der Waals surface area contributed by atoms with E-state index in [2.05, 4.69) is 11.1 Å². The maximum Gasteiger partial charge on any atom is 0.140 e. The highest BCUT2D eigenvalue weighted by Gasteiger charge is 2.08. The van der Waals surface area contributed by atoms with Crippen molar-refractivity contribution in [1.82, 2.24) is 4.98 Å². The zero-order valence-electron chi connectivity index (χ0n) is 11.3. The van der Waals surface area contributed by atoms with E-state index in [0.717, 1.165) is 27.4 Å². The minimum absolute atomic E-state index is 0.483. The molecular weight excluding hydrogens is 268 g/mol. The summed E-state index contributed by atoms with van der Waals surface area (Å²) >= 11 is 1.67. The second-order valence-electron chi connectivity index (χ2n) is 4.63. The number of nitrogens with zero attached hydrogens (tertiary/aromatic N) is 1. The summed E-state index contributed by atoms with van der Waals surface area (Å²) in [6.07, 6.45) is 0. The quantitative estimate of drug-likeness (QED) is 0.795. The molecular formula is C16H16N2OS. The van der Waals surface area contributed by atoms with Gasteiger partial charge in [-0.25, -0.2) is 4.98 Å². The topological polar surface area (TPSA) is 48.1 Å². The number of thiazole rings is 1. The van der Waals surface area contributed by atoms with Gasteiger partial charge in [-0.3, -0.25) is 0 Å². The molecule has 102 valence electrons. The number of hydrogen-bond acceptors (Lipinski definition) is 4. The zero-order valence-corrected chi connectivity index (χ0v) is 12.1. The molecule has 4 heteroatoms. The number of rotatable bonds is 4. The van der Waals surface area contributed by atoms with Crippen molar-refractivity contribution in [2.24, 2.45) is 5.73 Å². The highest BCUT2D eigenvalue weighted by molar-refractivity contribution is 7.18. The Morgan fingerprint density at radius 2 is 2.00 bits per heavy atom. The second kappa shape index (κ2) is 5.61. The largest absolute Gasteiger partial charge is 0.486 e. The van der Waals surface area contributed by atoms with Crippen LogP contribution in [0.2, 0.25) is 0 Å². The first-order valence-corrected chi connectivity index (χ1v) is 7.35. The average Bonchev–Trinajstić information content (AvgIpc) is 2.88. The van der Waals surface area contributed by atoms with Crippen LogP contribution in [-0.2, 0) is 13.2 Å². The molecule has 0 saturated heterocycles. The van der Waals surface area contributed by atoms with Gasteiger partial charge in [0.25, 0.3) is 0 Å². The van der Waals surface area contributed by atoms with Crippen LogP contribution in [0.25, 0.3) is 10.2 Å². The van der Waals surface area contributed by atoms with Gasteiger partial charge in [0.2, 0.25) is 0 Å². The normalized spacial score (nSPS) is 10.9. The Balaban J connectivity index is 1.82. The minimum atomic E-state index is 0.483. The molecule has 3 rings (SSSR count). The number of para-hydroxylation sites is 2. The predicted octanol–water partition coefficient (Wildman–Crippen LogP) is 3.64. The molecule has 0 atom stereocenters. The standard InChI is InChI=1S/C16H16N2OS/c1-11-5-4-6-12(9-17)16(11)19-10-15-18-13-7-2-3-8-14(13)20-15/h2-8H,9-10,17H2,1H3. The van der Waals surface area contributed by atoms with Crippen molar-refractivity contribution in [2.45, 2.75) is 20.1 Å². The predicted molar refractivity (Wildman–Crippen MR) is 83.0 cm³/mol. The summed E-state index contributed by atoms with van der Waals surface area (Å²) in [5, 5.41) is 0.984. The first-order chi connectivity index (χ1) is 9.78. The van der Waals surface area contributed by atoms with Gasteiger partial charge >= 0.3 is 0 Å². The smallest absolute Gasteiger partial charge is 0.140 e. The molecule has 1 heterocycles. The van der Waals surface area contributed by atoms with Crippen molar-refractivity contribution in [3.63, 3.8) is 0 Å². The van der Waals surface area contributed by atoms with E-state index in [4.69, 9.17) is 10.5 Å². The lowest BCUT2D eigenvalue weighted by atomic mass is 10.1. The second-order valence-corrected chi connectivity index (χ2v) is 5.75. The fraction of sp³-hybridized carbons (Fsp3) is 0.188. The van der Waals surface area contributed by atoms with E-state index >= 15 is 0 Å². The maximum atomic E-state index is 5.94. The van der Waals surface area contributed by atoms with Crippen molar-refractivity contribution in [1.29, 1.82) is 0 Å². The Morgan fingerprint density at radius 1 is 1.15 bits per heavy atom. The van der Waals surface area contributed by atoms with Gasteiger partial charge in [0.15, 0.2) is 0 Å². The summed E-state index contributed by atoms with van der Waals surface area (Å²) in [4.78, 5) is 4.58. The number of fused-ring (bicyclic) bond motifs is 1. The number of aryl methyl sites for hydroxylation is 1. The van der Waals surface area contributed by atoms with Crippen LogP contribution in [0.1, 0.15) is 16.1 Å². The van der Waals surface area contributed by atoms with Crippen LogP contribution < -0.4 is 10.5 Å². The minimum Gasteiger partial charge on any atom is -0.486 e. The fourth-order valence-electron chi connectivity index (χ4n) is 2.20. The fourth-order valence-corrected chi connectivity index (χ4v) is 3.08. The van der Waals surface area contributed by atoms with Crippen LogP contribution in [0.5, 0.6) is 5.75 Å². The highest BCUT2D eigenvalue weighted by atomic mass is 32.1. The van der Waals surface area contributed by atoms with Crippen molar-refractivity contribution in [3.8, 4) is 5.75 Å². The first-order valence-electron chi connectivity index (χ1n) is 6.53. The Kier molecular flexibility index (Phi) is 3.67. The van der Waals surface area contributed by atoms with Gasteiger partial charge in [0.1, 0.15) is 17.4 Å². The highest BCUT2D eigenvalue weighted by Crippen LogP contribution is 2.26. The molecule has 0 aliphatic heterocycles. The van der Waals surface area contributed by atoms with Crippen molar-refractivity contribution < 1.29 is 4.74 Å². The van der Waals surface area contributed by atoms with E-state index in [0.29, 0.717) is 13.2 Å². The van der Waals surface area contributed by atoms with Crippen LogP contribution >= 0.6 is 11.3 Å². The van der Waals surface area contributed by atoms with Gasteiger partial charge in [-0.1, -0.05) is 30.3 Å². The molecule has 0 fully saturated rings. The summed E-state index contributed by atoms with van der Waals surface area (Å²) in [6, 6.07) is 14.2. The molecule has 3 aromatic rings. The molecule has 2 aromatic carbocycles. The molecule has 1 aromatic heterocycles. The van der Waals surface area contributed by atoms with Crippen LogP contribution in [0, 0.1) is 6.92 Å². The van der Waals surface area contributed by atoms with E-state index in [1.165, 1.54) is 4.70 Å². The van der Waals surface area contributed by atoms with E-state index in [9.17, 15) is 0 Å². The van der Waals surface area contributed by atoms with Gasteiger partial charge in [0, 0.05) is 12.1 Å². The van der Waals surface area contributed by atoms with E-state index in [-0.39, 0.29) is 0 Å². The van der Waals surface area contributed by atoms with Crippen molar-refractivity contribution >= 4 is 21.6 Å². The molecule has 20 heavy (non-hydrogen) atoms. The Morgan fingerprint density at radius 3 is 2.80 bits per heavy atom. The van der Waals surface area contributed by atoms with Gasteiger partial charge in [0.05, 0.1) is 10.2 Å². The van der Waals surface area contributed by atoms with Crippen molar-refractivity contribution in [3.05, 3.63) is 58.6 Å². The van der Waals surface area contributed by atoms with Gasteiger partial charge in [-0.05, 0) is 24.6 Å². The van der Waals surface area contributed by atoms with Crippen LogP contribution in [0.3, 0.4) is 0 Å². The lowest BCUT2D eigenvalue weighted by Crippen LogP contribution is -2.04. The van der Waals surface area contributed by atoms with Gasteiger partial charge in [-0.15, -0.1) is 11.3 Å². The number of benzene rings is 2. The summed E-state index contributed by atoms with van der Waals surface area (Å²) < 4.78 is 7.13. The van der Waals surface area contributed by atoms with Crippen LogP contribution in [-0.4, -0.2) is 4.98 Å². The Labute approximate surface area is 122 Å². The summed E-state index contributed by atoms with van der Waals surface area (Å²) in [5.41, 5.74) is 8.92. The number of nitrogens with two attached hydrogens (primary N) is 1. The SMILES string of the molecule is Cc1cccc(CN)c1OCc1nc2ccccc2s1. The Bertz CT molecular complexity index is 703. The molecule has 0 radical (unpaired) electrons. The third-order valence-corrected chi connectivity index (χ3v) is 4.20. The lowest BCUT2D eigenvalue weighted by Gasteiger charge is -2.11. The molecule has 3 nitrogen and oxygen atoms in total. The summed E-state index contributed by atoms with van der Waals surface area (Å²) in [7, 11) is 0. The number of aromatic nitrogens is 1. The summed E-state index contributed by atoms with van der Waals surface area (Å²) in [6.45, 7) is 3.00. The molecule has 0 bridgehead atoms. The molecule has 0 aliphatic rings. The number of ether oxygens (including phenoxy) is 1. The Hall–Kier alpha value is -1.91. The third-order valence-electron chi connectivity index (χ3n) is 3.19. The van der Waals surface area contributed by atoms with Gasteiger partial charge in [-0.2, -0.15) is 0 Å². The maximum absolute atomic E-state index is 5.94.